The van der Waals surface area contributed by atoms with Gasteiger partial charge in [-0.05, 0) is 37.6 Å². The number of hydrogen-bond donors (Lipinski definition) is 2. The fourth-order valence-corrected chi connectivity index (χ4v) is 3.51. The summed E-state index contributed by atoms with van der Waals surface area (Å²) >= 11 is 0. The molecule has 0 fully saturated rings. The summed E-state index contributed by atoms with van der Waals surface area (Å²) in [4.78, 5) is 4.76. The van der Waals surface area contributed by atoms with E-state index in [1.807, 2.05) is 0 Å². The molecule has 2 aliphatic rings. The molecule has 4 nitrogen and oxygen atoms in total. The molecule has 0 aromatic heterocycles. The van der Waals surface area contributed by atoms with Gasteiger partial charge in [0.25, 0.3) is 0 Å². The van der Waals surface area contributed by atoms with E-state index < -0.39 is 0 Å². The van der Waals surface area contributed by atoms with Crippen LogP contribution in [0.5, 0.6) is 0 Å². The Bertz CT molecular complexity index is 738. The fraction of sp³-hybridized carbons (Fsp3) is 0.263. The van der Waals surface area contributed by atoms with Crippen LogP contribution >= 0.6 is 0 Å². The van der Waals surface area contributed by atoms with E-state index in [0.29, 0.717) is 0 Å². The Labute approximate surface area is 137 Å². The maximum absolute atomic E-state index is 3.59. The monoisotopic (exact) mass is 306 g/mol. The van der Waals surface area contributed by atoms with Gasteiger partial charge in [0.05, 0.1) is 0 Å². The van der Waals surface area contributed by atoms with E-state index in [-0.39, 0.29) is 6.17 Å². The first-order valence-corrected chi connectivity index (χ1v) is 8.18. The van der Waals surface area contributed by atoms with Gasteiger partial charge < -0.3 is 20.4 Å². The average Bonchev–Trinajstić information content (AvgIpc) is 2.88. The third-order valence-electron chi connectivity index (χ3n) is 4.57. The summed E-state index contributed by atoms with van der Waals surface area (Å²) < 4.78 is 0. The van der Waals surface area contributed by atoms with Crippen molar-refractivity contribution in [3.05, 3.63) is 71.8 Å². The molecule has 0 amide bonds. The van der Waals surface area contributed by atoms with Crippen molar-refractivity contribution in [3.63, 3.8) is 0 Å². The van der Waals surface area contributed by atoms with E-state index in [1.54, 1.807) is 0 Å². The van der Waals surface area contributed by atoms with Gasteiger partial charge in [-0.25, -0.2) is 0 Å². The molecule has 23 heavy (non-hydrogen) atoms. The molecule has 4 heteroatoms. The van der Waals surface area contributed by atoms with Gasteiger partial charge in [-0.15, -0.1) is 0 Å². The summed E-state index contributed by atoms with van der Waals surface area (Å²) in [6.45, 7) is 6.30. The second-order valence-corrected chi connectivity index (χ2v) is 6.04. The molecule has 0 aliphatic carbocycles. The second-order valence-electron chi connectivity index (χ2n) is 6.04. The first-order valence-electron chi connectivity index (χ1n) is 8.18. The largest absolute Gasteiger partial charge is 0.367 e. The highest BCUT2D eigenvalue weighted by atomic mass is 15.5. The number of para-hydroxylation sites is 2. The standard InChI is InChI=1S/C19H22N4/c1-14-8-6-7-11-17(14)23-15(2)22(16-9-4-3-5-10-16)18-19(23)21-13-12-20-18/h3-11,15,20-21H,12-13H2,1-2H3. The molecule has 0 bridgehead atoms. The van der Waals surface area contributed by atoms with Crippen LogP contribution in [0.2, 0.25) is 0 Å². The first-order chi connectivity index (χ1) is 11.3. The fourth-order valence-electron chi connectivity index (χ4n) is 3.51. The van der Waals surface area contributed by atoms with Crippen LogP contribution in [0.25, 0.3) is 0 Å². The van der Waals surface area contributed by atoms with Gasteiger partial charge >= 0.3 is 0 Å². The normalized spacial score (nSPS) is 20.2. The smallest absolute Gasteiger partial charge is 0.150 e. The maximum Gasteiger partial charge on any atom is 0.150 e. The van der Waals surface area contributed by atoms with Crippen molar-refractivity contribution in [1.82, 2.24) is 10.6 Å². The first kappa shape index (κ1) is 14.0. The minimum absolute atomic E-state index is 0.210. The number of aryl methyl sites for hydroxylation is 1. The van der Waals surface area contributed by atoms with Crippen molar-refractivity contribution in [2.24, 2.45) is 0 Å². The van der Waals surface area contributed by atoms with E-state index in [1.165, 1.54) is 28.6 Å². The molecule has 2 heterocycles. The van der Waals surface area contributed by atoms with Crippen LogP contribution in [0, 0.1) is 6.92 Å². The van der Waals surface area contributed by atoms with Crippen molar-refractivity contribution in [2.75, 3.05) is 22.9 Å². The molecule has 0 spiro atoms. The minimum atomic E-state index is 0.210. The van der Waals surface area contributed by atoms with E-state index in [9.17, 15) is 0 Å². The number of benzene rings is 2. The molecule has 0 saturated carbocycles. The molecular formula is C19H22N4. The van der Waals surface area contributed by atoms with E-state index in [0.717, 1.165) is 13.1 Å². The van der Waals surface area contributed by atoms with Crippen LogP contribution in [0.3, 0.4) is 0 Å². The van der Waals surface area contributed by atoms with Crippen molar-refractivity contribution in [2.45, 2.75) is 20.0 Å². The van der Waals surface area contributed by atoms with Crippen LogP contribution in [-0.4, -0.2) is 19.3 Å². The van der Waals surface area contributed by atoms with E-state index >= 15 is 0 Å². The van der Waals surface area contributed by atoms with Crippen LogP contribution < -0.4 is 20.4 Å². The topological polar surface area (TPSA) is 30.5 Å². The molecule has 1 atom stereocenters. The van der Waals surface area contributed by atoms with Crippen molar-refractivity contribution < 1.29 is 0 Å². The molecule has 2 aromatic rings. The van der Waals surface area contributed by atoms with Crippen LogP contribution in [-0.2, 0) is 0 Å². The van der Waals surface area contributed by atoms with Gasteiger partial charge in [-0.1, -0.05) is 36.4 Å². The van der Waals surface area contributed by atoms with Gasteiger partial charge in [0.1, 0.15) is 17.8 Å². The Morgan fingerprint density at radius 2 is 1.43 bits per heavy atom. The van der Waals surface area contributed by atoms with Gasteiger partial charge in [-0.2, -0.15) is 0 Å². The van der Waals surface area contributed by atoms with Crippen molar-refractivity contribution >= 4 is 11.4 Å². The Hall–Kier alpha value is -2.62. The summed E-state index contributed by atoms with van der Waals surface area (Å²) in [5, 5.41) is 7.17. The van der Waals surface area contributed by atoms with Crippen LogP contribution in [0.4, 0.5) is 11.4 Å². The predicted octanol–water partition coefficient (Wildman–Crippen LogP) is 2.99. The zero-order chi connectivity index (χ0) is 15.8. The van der Waals surface area contributed by atoms with E-state index in [2.05, 4.69) is 88.9 Å². The van der Waals surface area contributed by atoms with E-state index in [4.69, 9.17) is 0 Å². The number of anilines is 2. The van der Waals surface area contributed by atoms with Crippen LogP contribution in [0.1, 0.15) is 12.5 Å². The molecule has 0 radical (unpaired) electrons. The SMILES string of the molecule is Cc1ccccc1N1C2=C(NCCN2)N(c2ccccc2)C1C. The number of hydrogen-bond acceptors (Lipinski definition) is 4. The van der Waals surface area contributed by atoms with Crippen molar-refractivity contribution in [1.29, 1.82) is 0 Å². The van der Waals surface area contributed by atoms with Gasteiger partial charge in [-0.3, -0.25) is 0 Å². The molecule has 2 aromatic carbocycles. The predicted molar refractivity (Wildman–Crippen MR) is 95.1 cm³/mol. The number of rotatable bonds is 2. The molecule has 118 valence electrons. The summed E-state index contributed by atoms with van der Waals surface area (Å²) in [6.07, 6.45) is 0.210. The molecule has 2 N–H and O–H groups in total. The molecular weight excluding hydrogens is 284 g/mol. The highest BCUT2D eigenvalue weighted by molar-refractivity contribution is 5.68. The lowest BCUT2D eigenvalue weighted by Gasteiger charge is -2.32. The second kappa shape index (κ2) is 5.54. The number of nitrogens with one attached hydrogen (secondary N) is 2. The quantitative estimate of drug-likeness (QED) is 0.893. The van der Waals surface area contributed by atoms with Gasteiger partial charge in [0.15, 0.2) is 0 Å². The Morgan fingerprint density at radius 1 is 0.826 bits per heavy atom. The zero-order valence-corrected chi connectivity index (χ0v) is 13.6. The Balaban J connectivity index is 1.83. The maximum atomic E-state index is 3.59. The lowest BCUT2D eigenvalue weighted by atomic mass is 10.1. The summed E-state index contributed by atoms with van der Waals surface area (Å²) in [5.74, 6) is 2.33. The van der Waals surface area contributed by atoms with Gasteiger partial charge in [0.2, 0.25) is 0 Å². The third-order valence-corrected chi connectivity index (χ3v) is 4.57. The minimum Gasteiger partial charge on any atom is -0.367 e. The molecule has 2 aliphatic heterocycles. The van der Waals surface area contributed by atoms with Crippen LogP contribution in [0.15, 0.2) is 66.2 Å². The summed E-state index contributed by atoms with van der Waals surface area (Å²) in [5.41, 5.74) is 3.75. The van der Waals surface area contributed by atoms with Gasteiger partial charge in [0, 0.05) is 24.5 Å². The third kappa shape index (κ3) is 2.22. The highest BCUT2D eigenvalue weighted by Crippen LogP contribution is 2.37. The summed E-state index contributed by atoms with van der Waals surface area (Å²) in [7, 11) is 0. The Kier molecular flexibility index (Phi) is 3.37. The lowest BCUT2D eigenvalue weighted by Crippen LogP contribution is -2.40. The van der Waals surface area contributed by atoms with Crippen molar-refractivity contribution in [3.8, 4) is 0 Å². The number of nitrogens with zero attached hydrogens (tertiary/aromatic N) is 2. The molecule has 0 saturated heterocycles. The highest BCUT2D eigenvalue weighted by Gasteiger charge is 2.39. The molecule has 4 rings (SSSR count). The average molecular weight is 306 g/mol. The molecule has 1 unspecified atom stereocenters. The zero-order valence-electron chi connectivity index (χ0n) is 13.6. The summed E-state index contributed by atoms with van der Waals surface area (Å²) in [6, 6.07) is 19.1. The Morgan fingerprint density at radius 3 is 2.13 bits per heavy atom. The lowest BCUT2D eigenvalue weighted by molar-refractivity contribution is 0.648.